The summed E-state index contributed by atoms with van der Waals surface area (Å²) in [7, 11) is 2.24. The summed E-state index contributed by atoms with van der Waals surface area (Å²) in [4.78, 5) is 5.09. The highest BCUT2D eigenvalue weighted by molar-refractivity contribution is 4.80. The standard InChI is InChI=1S/C15H31N3/c1-13(2)18-8-4-5-15(7-10-18)16-11-14-6-9-17(3)12-14/h13-16H,4-12H2,1-3H3. The molecule has 1 N–H and O–H groups in total. The average Bonchev–Trinajstić information content (AvgIpc) is 2.62. The fourth-order valence-electron chi connectivity index (χ4n) is 3.37. The molecule has 3 nitrogen and oxygen atoms in total. The molecule has 2 unspecified atom stereocenters. The van der Waals surface area contributed by atoms with Crippen molar-refractivity contribution in [2.75, 3.05) is 39.8 Å². The van der Waals surface area contributed by atoms with E-state index in [9.17, 15) is 0 Å². The third kappa shape index (κ3) is 4.22. The zero-order chi connectivity index (χ0) is 13.0. The van der Waals surface area contributed by atoms with Crippen LogP contribution in [-0.4, -0.2) is 61.7 Å². The highest BCUT2D eigenvalue weighted by Gasteiger charge is 2.22. The van der Waals surface area contributed by atoms with Crippen molar-refractivity contribution in [2.24, 2.45) is 5.92 Å². The van der Waals surface area contributed by atoms with Gasteiger partial charge < -0.3 is 15.1 Å². The monoisotopic (exact) mass is 253 g/mol. The maximum Gasteiger partial charge on any atom is 0.00798 e. The summed E-state index contributed by atoms with van der Waals surface area (Å²) in [6, 6.07) is 1.48. The zero-order valence-electron chi connectivity index (χ0n) is 12.5. The highest BCUT2D eigenvalue weighted by atomic mass is 15.2. The second-order valence-electron chi connectivity index (χ2n) is 6.58. The predicted molar refractivity (Wildman–Crippen MR) is 78.0 cm³/mol. The van der Waals surface area contributed by atoms with Crippen LogP contribution in [0.15, 0.2) is 0 Å². The van der Waals surface area contributed by atoms with Gasteiger partial charge in [0.25, 0.3) is 0 Å². The van der Waals surface area contributed by atoms with Crippen LogP contribution in [0.2, 0.25) is 0 Å². The summed E-state index contributed by atoms with van der Waals surface area (Å²) in [6.45, 7) is 11.0. The lowest BCUT2D eigenvalue weighted by molar-refractivity contribution is 0.228. The Labute approximate surface area is 113 Å². The number of likely N-dealkylation sites (tertiary alicyclic amines) is 2. The van der Waals surface area contributed by atoms with Crippen LogP contribution in [0.3, 0.4) is 0 Å². The molecule has 106 valence electrons. The Morgan fingerprint density at radius 1 is 1.11 bits per heavy atom. The van der Waals surface area contributed by atoms with E-state index < -0.39 is 0 Å². The first kappa shape index (κ1) is 14.3. The number of nitrogens with zero attached hydrogens (tertiary/aromatic N) is 2. The maximum atomic E-state index is 3.83. The molecule has 0 radical (unpaired) electrons. The van der Waals surface area contributed by atoms with Crippen LogP contribution in [0.5, 0.6) is 0 Å². The van der Waals surface area contributed by atoms with E-state index >= 15 is 0 Å². The second kappa shape index (κ2) is 6.88. The van der Waals surface area contributed by atoms with Crippen LogP contribution >= 0.6 is 0 Å². The Morgan fingerprint density at radius 3 is 2.61 bits per heavy atom. The second-order valence-corrected chi connectivity index (χ2v) is 6.58. The van der Waals surface area contributed by atoms with Crippen LogP contribution < -0.4 is 5.32 Å². The molecule has 2 aliphatic rings. The summed E-state index contributed by atoms with van der Waals surface area (Å²) in [5.41, 5.74) is 0. The van der Waals surface area contributed by atoms with E-state index in [0.717, 1.165) is 12.0 Å². The van der Waals surface area contributed by atoms with Gasteiger partial charge in [-0.25, -0.2) is 0 Å². The minimum Gasteiger partial charge on any atom is -0.314 e. The van der Waals surface area contributed by atoms with Gasteiger partial charge in [0.1, 0.15) is 0 Å². The minimum atomic E-state index is 0.715. The molecule has 0 aliphatic carbocycles. The summed E-state index contributed by atoms with van der Waals surface area (Å²) in [6.07, 6.45) is 5.45. The molecule has 0 spiro atoms. The highest BCUT2D eigenvalue weighted by Crippen LogP contribution is 2.16. The Morgan fingerprint density at radius 2 is 1.94 bits per heavy atom. The van der Waals surface area contributed by atoms with Crippen LogP contribution in [0.1, 0.15) is 39.5 Å². The van der Waals surface area contributed by atoms with Gasteiger partial charge in [-0.15, -0.1) is 0 Å². The van der Waals surface area contributed by atoms with E-state index in [4.69, 9.17) is 0 Å². The van der Waals surface area contributed by atoms with E-state index in [0.29, 0.717) is 6.04 Å². The predicted octanol–water partition coefficient (Wildman–Crippen LogP) is 1.79. The van der Waals surface area contributed by atoms with Crippen LogP contribution in [-0.2, 0) is 0 Å². The molecular weight excluding hydrogens is 222 g/mol. The van der Waals surface area contributed by atoms with Gasteiger partial charge in [-0.3, -0.25) is 0 Å². The van der Waals surface area contributed by atoms with E-state index in [-0.39, 0.29) is 0 Å². The van der Waals surface area contributed by atoms with E-state index in [2.05, 4.69) is 36.0 Å². The normalized spacial score (nSPS) is 32.0. The maximum absolute atomic E-state index is 3.83. The van der Waals surface area contributed by atoms with Gasteiger partial charge in [0.05, 0.1) is 0 Å². The lowest BCUT2D eigenvalue weighted by Gasteiger charge is -2.24. The van der Waals surface area contributed by atoms with E-state index in [1.807, 2.05) is 0 Å². The summed E-state index contributed by atoms with van der Waals surface area (Å²) >= 11 is 0. The Balaban J connectivity index is 1.67. The van der Waals surface area contributed by atoms with Gasteiger partial charge in [-0.2, -0.15) is 0 Å². The zero-order valence-corrected chi connectivity index (χ0v) is 12.5. The van der Waals surface area contributed by atoms with Gasteiger partial charge in [0.15, 0.2) is 0 Å². The molecule has 0 saturated carbocycles. The van der Waals surface area contributed by atoms with Crippen molar-refractivity contribution in [3.63, 3.8) is 0 Å². The van der Waals surface area contributed by atoms with Gasteiger partial charge in [0, 0.05) is 18.6 Å². The van der Waals surface area contributed by atoms with Crippen molar-refractivity contribution in [3.05, 3.63) is 0 Å². The third-order valence-corrected chi connectivity index (χ3v) is 4.68. The first-order chi connectivity index (χ1) is 8.65. The minimum absolute atomic E-state index is 0.715. The Hall–Kier alpha value is -0.120. The molecule has 2 saturated heterocycles. The summed E-state index contributed by atoms with van der Waals surface area (Å²) in [5, 5.41) is 3.83. The fourth-order valence-corrected chi connectivity index (χ4v) is 3.37. The summed E-state index contributed by atoms with van der Waals surface area (Å²) in [5.74, 6) is 0.888. The first-order valence-electron chi connectivity index (χ1n) is 7.81. The molecule has 2 aliphatic heterocycles. The molecule has 0 aromatic carbocycles. The molecule has 0 aromatic heterocycles. The molecule has 18 heavy (non-hydrogen) atoms. The van der Waals surface area contributed by atoms with Gasteiger partial charge in [-0.1, -0.05) is 0 Å². The largest absolute Gasteiger partial charge is 0.314 e. The van der Waals surface area contributed by atoms with Gasteiger partial charge in [0.2, 0.25) is 0 Å². The van der Waals surface area contributed by atoms with Gasteiger partial charge >= 0.3 is 0 Å². The number of nitrogens with one attached hydrogen (secondary N) is 1. The van der Waals surface area contributed by atoms with Crippen molar-refractivity contribution in [3.8, 4) is 0 Å². The van der Waals surface area contributed by atoms with Crippen LogP contribution in [0.4, 0.5) is 0 Å². The topological polar surface area (TPSA) is 18.5 Å². The Kier molecular flexibility index (Phi) is 5.46. The van der Waals surface area contributed by atoms with E-state index in [1.165, 1.54) is 58.4 Å². The third-order valence-electron chi connectivity index (χ3n) is 4.68. The number of hydrogen-bond acceptors (Lipinski definition) is 3. The molecule has 2 atom stereocenters. The van der Waals surface area contributed by atoms with Crippen molar-refractivity contribution in [2.45, 2.75) is 51.6 Å². The molecule has 0 amide bonds. The lowest BCUT2D eigenvalue weighted by atomic mass is 10.1. The molecule has 3 heteroatoms. The summed E-state index contributed by atoms with van der Waals surface area (Å²) < 4.78 is 0. The van der Waals surface area contributed by atoms with Crippen LogP contribution in [0, 0.1) is 5.92 Å². The molecule has 2 rings (SSSR count). The van der Waals surface area contributed by atoms with Gasteiger partial charge in [-0.05, 0) is 78.7 Å². The number of hydrogen-bond donors (Lipinski definition) is 1. The van der Waals surface area contributed by atoms with Crippen molar-refractivity contribution >= 4 is 0 Å². The van der Waals surface area contributed by atoms with Crippen molar-refractivity contribution < 1.29 is 0 Å². The average molecular weight is 253 g/mol. The van der Waals surface area contributed by atoms with Crippen molar-refractivity contribution in [1.82, 2.24) is 15.1 Å². The molecule has 2 fully saturated rings. The van der Waals surface area contributed by atoms with E-state index in [1.54, 1.807) is 0 Å². The fraction of sp³-hybridized carbons (Fsp3) is 1.00. The molecule has 2 heterocycles. The SMILES string of the molecule is CC(C)N1CCCC(NCC2CCN(C)C2)CC1. The molecular formula is C15H31N3. The Bertz CT molecular complexity index is 242. The molecule has 0 bridgehead atoms. The lowest BCUT2D eigenvalue weighted by Crippen LogP contribution is -2.36. The van der Waals surface area contributed by atoms with Crippen LogP contribution in [0.25, 0.3) is 0 Å². The number of rotatable bonds is 4. The first-order valence-corrected chi connectivity index (χ1v) is 7.81. The molecule has 0 aromatic rings. The quantitative estimate of drug-likeness (QED) is 0.824. The van der Waals surface area contributed by atoms with Crippen molar-refractivity contribution in [1.29, 1.82) is 0 Å². The smallest absolute Gasteiger partial charge is 0.00798 e.